The van der Waals surface area contributed by atoms with Crippen LogP contribution in [0, 0.1) is 0 Å². The normalized spacial score (nSPS) is 13.6. The number of benzene rings is 3. The van der Waals surface area contributed by atoms with E-state index in [1.807, 2.05) is 12.1 Å². The smallest absolute Gasteiger partial charge is 0.363 e. The van der Waals surface area contributed by atoms with Crippen molar-refractivity contribution in [1.82, 2.24) is 0 Å². The maximum atomic E-state index is 14.6. The fourth-order valence-corrected chi connectivity index (χ4v) is 4.67. The average Bonchev–Trinajstić information content (AvgIpc) is 2.86. The molecule has 8 heteroatoms. The van der Waals surface area contributed by atoms with Crippen LogP contribution >= 0.6 is 0 Å². The van der Waals surface area contributed by atoms with E-state index in [9.17, 15) is 29.7 Å². The number of phenols is 1. The maximum absolute atomic E-state index is 14.6. The van der Waals surface area contributed by atoms with Crippen LogP contribution in [0.15, 0.2) is 84.9 Å². The lowest BCUT2D eigenvalue weighted by Crippen LogP contribution is -2.64. The van der Waals surface area contributed by atoms with E-state index >= 15 is 0 Å². The number of aliphatic carboxylic acids is 2. The van der Waals surface area contributed by atoms with Crippen molar-refractivity contribution in [3.8, 4) is 5.75 Å². The molecular weight excluding hydrogens is 460 g/mol. The first kappa shape index (κ1) is 26.6. The number of aromatic hydroxyl groups is 1. The molecule has 36 heavy (non-hydrogen) atoms. The van der Waals surface area contributed by atoms with Gasteiger partial charge in [-0.3, -0.25) is 0 Å². The molecule has 0 saturated heterocycles. The minimum atomic E-state index is -1.35. The van der Waals surface area contributed by atoms with E-state index in [1.165, 1.54) is 12.1 Å². The van der Waals surface area contributed by atoms with Gasteiger partial charge in [0, 0.05) is 12.0 Å². The lowest BCUT2D eigenvalue weighted by atomic mass is 9.87. The minimum Gasteiger partial charge on any atom is -0.508 e. The second-order valence-corrected chi connectivity index (χ2v) is 8.79. The summed E-state index contributed by atoms with van der Waals surface area (Å²) in [7, 11) is 0. The van der Waals surface area contributed by atoms with Crippen LogP contribution in [-0.4, -0.2) is 56.8 Å². The summed E-state index contributed by atoms with van der Waals surface area (Å²) < 4.78 is -0.843. The zero-order valence-corrected chi connectivity index (χ0v) is 19.9. The molecule has 0 aliphatic heterocycles. The molecule has 0 heterocycles. The zero-order valence-electron chi connectivity index (χ0n) is 19.9. The molecule has 3 aromatic carbocycles. The topological polar surface area (TPSA) is 138 Å². The Bertz CT molecular complexity index is 1130. The number of quaternary nitrogens is 1. The van der Waals surface area contributed by atoms with Crippen LogP contribution in [0.2, 0.25) is 0 Å². The van der Waals surface area contributed by atoms with E-state index < -0.39 is 40.8 Å². The number of carbonyl (C=O) groups is 3. The Morgan fingerprint density at radius 3 is 1.78 bits per heavy atom. The number of carboxylic acids is 2. The van der Waals surface area contributed by atoms with Gasteiger partial charge in [-0.1, -0.05) is 60.7 Å². The van der Waals surface area contributed by atoms with Gasteiger partial charge in [0.05, 0.1) is 0 Å². The Morgan fingerprint density at radius 1 is 0.806 bits per heavy atom. The number of hydrogen-bond donors (Lipinski definition) is 4. The summed E-state index contributed by atoms with van der Waals surface area (Å²) >= 11 is 0. The quantitative estimate of drug-likeness (QED) is 0.285. The van der Waals surface area contributed by atoms with Crippen LogP contribution in [0.1, 0.15) is 35.4 Å². The SMILES string of the molecule is NCCC[C@@H](C(=O)O)[N+](CC(=O)O)(Cc1ccc(O)cc1)C(=O)C(c1ccccc1)c1ccccc1. The number of nitrogens with zero attached hydrogens (tertiary/aromatic N) is 1. The standard InChI is InChI=1S/C28H30N2O6/c29-17-7-12-24(28(35)36)30(19-25(32)33,18-20-13-15-23(31)16-14-20)27(34)26(21-8-3-1-4-9-21)22-10-5-2-6-11-22/h1-6,8-11,13-16,24,26H,7,12,17-19,29H2,(H2-,31,32,33,35,36)/p+1/t24-,30?/m0/s1. The second-order valence-electron chi connectivity index (χ2n) is 8.79. The van der Waals surface area contributed by atoms with Crippen molar-refractivity contribution in [3.63, 3.8) is 0 Å². The molecule has 5 N–H and O–H groups in total. The first-order valence-electron chi connectivity index (χ1n) is 11.7. The van der Waals surface area contributed by atoms with Crippen molar-refractivity contribution in [1.29, 1.82) is 0 Å². The predicted octanol–water partition coefficient (Wildman–Crippen LogP) is 3.34. The van der Waals surface area contributed by atoms with Crippen molar-refractivity contribution in [2.45, 2.75) is 31.3 Å². The third-order valence-electron chi connectivity index (χ3n) is 6.33. The number of carboxylic acid groups (broad SMARTS) is 2. The molecule has 0 radical (unpaired) electrons. The summed E-state index contributed by atoms with van der Waals surface area (Å²) in [6, 6.07) is 22.5. The molecule has 188 valence electrons. The molecule has 0 spiro atoms. The summed E-state index contributed by atoms with van der Waals surface area (Å²) in [6.45, 7) is -0.703. The number of phenolic OH excluding ortho intramolecular Hbond substituents is 1. The molecule has 0 aliphatic carbocycles. The summed E-state index contributed by atoms with van der Waals surface area (Å²) in [5.41, 5.74) is 7.48. The van der Waals surface area contributed by atoms with Crippen molar-refractivity contribution in [2.24, 2.45) is 5.73 Å². The Kier molecular flexibility index (Phi) is 8.94. The summed E-state index contributed by atoms with van der Waals surface area (Å²) in [5.74, 6) is -3.99. The zero-order chi connectivity index (χ0) is 26.1. The first-order valence-corrected chi connectivity index (χ1v) is 11.7. The highest BCUT2D eigenvalue weighted by Gasteiger charge is 2.52. The number of rotatable bonds is 12. The maximum Gasteiger partial charge on any atom is 0.363 e. The average molecular weight is 492 g/mol. The highest BCUT2D eigenvalue weighted by atomic mass is 16.4. The van der Waals surface area contributed by atoms with Crippen LogP contribution in [-0.2, 0) is 20.9 Å². The van der Waals surface area contributed by atoms with Crippen molar-refractivity contribution < 1.29 is 34.2 Å². The molecule has 0 saturated carbocycles. The first-order chi connectivity index (χ1) is 17.3. The van der Waals surface area contributed by atoms with Crippen LogP contribution < -0.4 is 5.73 Å². The Balaban J connectivity index is 2.27. The molecule has 3 aromatic rings. The fraction of sp³-hybridized carbons (Fsp3) is 0.250. The highest BCUT2D eigenvalue weighted by molar-refractivity contribution is 5.86. The molecule has 8 nitrogen and oxygen atoms in total. The fourth-order valence-electron chi connectivity index (χ4n) is 4.67. The van der Waals surface area contributed by atoms with E-state index in [1.54, 1.807) is 60.7 Å². The number of hydrogen-bond acceptors (Lipinski definition) is 5. The number of amides is 1. The molecule has 0 bridgehead atoms. The number of nitrogens with two attached hydrogens (primary N) is 1. The van der Waals surface area contributed by atoms with Crippen LogP contribution in [0.4, 0.5) is 0 Å². The summed E-state index contributed by atoms with van der Waals surface area (Å²) in [5, 5.41) is 30.0. The minimum absolute atomic E-state index is 0.00535. The Labute approximate surface area is 209 Å². The monoisotopic (exact) mass is 491 g/mol. The molecule has 0 aromatic heterocycles. The van der Waals surface area contributed by atoms with Gasteiger partial charge in [-0.25, -0.2) is 18.9 Å². The van der Waals surface area contributed by atoms with Crippen LogP contribution in [0.5, 0.6) is 5.75 Å². The van der Waals surface area contributed by atoms with E-state index in [4.69, 9.17) is 5.73 Å². The molecule has 0 aliphatic rings. The summed E-state index contributed by atoms with van der Waals surface area (Å²) in [4.78, 5) is 39.5. The molecule has 1 amide bonds. The highest BCUT2D eigenvalue weighted by Crippen LogP contribution is 2.35. The van der Waals surface area contributed by atoms with Gasteiger partial charge < -0.3 is 21.1 Å². The van der Waals surface area contributed by atoms with Gasteiger partial charge in [-0.05, 0) is 48.4 Å². The third kappa shape index (κ3) is 6.16. The van der Waals surface area contributed by atoms with Gasteiger partial charge in [0.2, 0.25) is 0 Å². The van der Waals surface area contributed by atoms with Gasteiger partial charge >= 0.3 is 17.8 Å². The van der Waals surface area contributed by atoms with E-state index in [0.717, 1.165) is 0 Å². The van der Waals surface area contributed by atoms with E-state index in [2.05, 4.69) is 0 Å². The van der Waals surface area contributed by atoms with Gasteiger partial charge in [0.15, 0.2) is 12.6 Å². The Morgan fingerprint density at radius 2 is 1.33 bits per heavy atom. The van der Waals surface area contributed by atoms with Crippen LogP contribution in [0.25, 0.3) is 0 Å². The van der Waals surface area contributed by atoms with E-state index in [-0.39, 0.29) is 25.3 Å². The lowest BCUT2D eigenvalue weighted by molar-refractivity contribution is -0.878. The van der Waals surface area contributed by atoms with E-state index in [0.29, 0.717) is 23.1 Å². The largest absolute Gasteiger partial charge is 0.508 e. The summed E-state index contributed by atoms with van der Waals surface area (Å²) in [6.07, 6.45) is 0.333. The Hall–Kier alpha value is -4.01. The van der Waals surface area contributed by atoms with Gasteiger partial charge in [0.1, 0.15) is 18.2 Å². The van der Waals surface area contributed by atoms with Gasteiger partial charge in [-0.15, -0.1) is 0 Å². The second kappa shape index (κ2) is 12.1. The number of carbonyl (C=O) groups excluding carboxylic acids is 1. The third-order valence-corrected chi connectivity index (χ3v) is 6.33. The van der Waals surface area contributed by atoms with Crippen molar-refractivity contribution >= 4 is 17.8 Å². The van der Waals surface area contributed by atoms with Crippen molar-refractivity contribution in [2.75, 3.05) is 13.1 Å². The predicted molar refractivity (Wildman–Crippen MR) is 134 cm³/mol. The molecule has 0 fully saturated rings. The van der Waals surface area contributed by atoms with Gasteiger partial charge in [-0.2, -0.15) is 0 Å². The van der Waals surface area contributed by atoms with Crippen LogP contribution in [0.3, 0.4) is 0 Å². The molecule has 2 atom stereocenters. The lowest BCUT2D eigenvalue weighted by Gasteiger charge is -2.41. The molecular formula is C28H31N2O6+. The molecule has 3 rings (SSSR count). The van der Waals surface area contributed by atoms with Crippen molar-refractivity contribution in [3.05, 3.63) is 102 Å². The molecule has 1 unspecified atom stereocenters. The van der Waals surface area contributed by atoms with Gasteiger partial charge in [0.25, 0.3) is 0 Å².